The molecule has 1 aliphatic rings. The molecule has 1 radical (unpaired) electrons. The molecule has 0 saturated heterocycles. The molecule has 0 aliphatic heterocycles. The van der Waals surface area contributed by atoms with Gasteiger partial charge >= 0.3 is 0 Å². The molecule has 9 heavy (non-hydrogen) atoms. The van der Waals surface area contributed by atoms with E-state index in [1.54, 1.807) is 0 Å². The molecule has 1 atom stereocenters. The lowest BCUT2D eigenvalue weighted by atomic mass is 9.87. The molecule has 1 unspecified atom stereocenters. The zero-order valence-electron chi connectivity index (χ0n) is 5.97. The molecule has 0 bridgehead atoms. The van der Waals surface area contributed by atoms with Crippen LogP contribution in [0.2, 0.25) is 0 Å². The minimum absolute atomic E-state index is 0.927. The van der Waals surface area contributed by atoms with Crippen molar-refractivity contribution in [2.24, 2.45) is 5.92 Å². The van der Waals surface area contributed by atoms with Crippen LogP contribution in [0.4, 0.5) is 0 Å². The Balaban J connectivity index is 2.15. The van der Waals surface area contributed by atoms with Gasteiger partial charge in [-0.15, -0.1) is 6.58 Å². The lowest BCUT2D eigenvalue weighted by Gasteiger charge is -2.19. The van der Waals surface area contributed by atoms with Crippen LogP contribution >= 0.6 is 0 Å². The lowest BCUT2D eigenvalue weighted by molar-refractivity contribution is 0.418. The van der Waals surface area contributed by atoms with E-state index in [4.69, 9.17) is 0 Å². The Kier molecular flexibility index (Phi) is 2.82. The van der Waals surface area contributed by atoms with Crippen LogP contribution in [-0.2, 0) is 0 Å². The van der Waals surface area contributed by atoms with Gasteiger partial charge in [0, 0.05) is 0 Å². The minimum Gasteiger partial charge on any atom is -0.103 e. The van der Waals surface area contributed by atoms with E-state index in [0.717, 1.165) is 5.92 Å². The van der Waals surface area contributed by atoms with Crippen molar-refractivity contribution in [3.8, 4) is 0 Å². The first-order valence-corrected chi connectivity index (χ1v) is 3.86. The largest absolute Gasteiger partial charge is 0.103 e. The summed E-state index contributed by atoms with van der Waals surface area (Å²) in [5.41, 5.74) is 0. The summed E-state index contributed by atoms with van der Waals surface area (Å²) in [7, 11) is 0. The minimum atomic E-state index is 0.927. The van der Waals surface area contributed by atoms with Gasteiger partial charge in [-0.25, -0.2) is 0 Å². The van der Waals surface area contributed by atoms with Gasteiger partial charge in [-0.05, 0) is 25.2 Å². The van der Waals surface area contributed by atoms with E-state index in [9.17, 15) is 0 Å². The van der Waals surface area contributed by atoms with Gasteiger partial charge in [-0.3, -0.25) is 0 Å². The van der Waals surface area contributed by atoms with Crippen molar-refractivity contribution in [3.63, 3.8) is 0 Å². The van der Waals surface area contributed by atoms with Gasteiger partial charge in [0.2, 0.25) is 0 Å². The summed E-state index contributed by atoms with van der Waals surface area (Å²) in [6.45, 7) is 3.74. The van der Waals surface area contributed by atoms with E-state index < -0.39 is 0 Å². The van der Waals surface area contributed by atoms with Crippen LogP contribution in [0.25, 0.3) is 0 Å². The standard InChI is InChI=1S/C9H15/c1-2-6-9-7-4-3-5-8-9/h2,4,9H,1,3,5-8H2. The molecule has 51 valence electrons. The number of rotatable bonds is 2. The van der Waals surface area contributed by atoms with Gasteiger partial charge in [0.25, 0.3) is 0 Å². The van der Waals surface area contributed by atoms with Crippen molar-refractivity contribution in [1.29, 1.82) is 0 Å². The Morgan fingerprint density at radius 2 is 2.56 bits per heavy atom. The third kappa shape index (κ3) is 2.21. The van der Waals surface area contributed by atoms with Crippen LogP contribution in [0.3, 0.4) is 0 Å². The quantitative estimate of drug-likeness (QED) is 0.495. The molecule has 0 N–H and O–H groups in total. The van der Waals surface area contributed by atoms with Crippen LogP contribution in [0.15, 0.2) is 12.7 Å². The Hall–Kier alpha value is -0.260. The summed E-state index contributed by atoms with van der Waals surface area (Å²) >= 11 is 0. The Morgan fingerprint density at radius 3 is 3.11 bits per heavy atom. The fourth-order valence-corrected chi connectivity index (χ4v) is 1.47. The van der Waals surface area contributed by atoms with E-state index in [1.807, 2.05) is 6.08 Å². The fraction of sp³-hybridized carbons (Fsp3) is 0.667. The third-order valence-electron chi connectivity index (χ3n) is 2.02. The average molecular weight is 123 g/mol. The molecule has 0 aromatic carbocycles. The molecular formula is C9H15. The van der Waals surface area contributed by atoms with E-state index in [1.165, 1.54) is 32.1 Å². The third-order valence-corrected chi connectivity index (χ3v) is 2.02. The first kappa shape index (κ1) is 6.85. The topological polar surface area (TPSA) is 0 Å². The van der Waals surface area contributed by atoms with Crippen LogP contribution < -0.4 is 0 Å². The van der Waals surface area contributed by atoms with Crippen molar-refractivity contribution >= 4 is 0 Å². The van der Waals surface area contributed by atoms with Crippen LogP contribution in [0.5, 0.6) is 0 Å². The monoisotopic (exact) mass is 123 g/mol. The average Bonchev–Trinajstić information content (AvgIpc) is 1.91. The second-order valence-electron chi connectivity index (χ2n) is 2.85. The molecule has 0 heteroatoms. The van der Waals surface area contributed by atoms with Gasteiger partial charge in [0.1, 0.15) is 0 Å². The molecule has 1 aliphatic carbocycles. The maximum absolute atomic E-state index is 3.74. The maximum Gasteiger partial charge on any atom is -0.0325 e. The van der Waals surface area contributed by atoms with Crippen molar-refractivity contribution in [2.45, 2.75) is 32.1 Å². The molecule has 0 heterocycles. The number of hydrogen-bond donors (Lipinski definition) is 0. The summed E-state index contributed by atoms with van der Waals surface area (Å²) in [6, 6.07) is 0. The Morgan fingerprint density at radius 1 is 1.67 bits per heavy atom. The highest BCUT2D eigenvalue weighted by Gasteiger charge is 2.10. The van der Waals surface area contributed by atoms with Crippen LogP contribution in [0, 0.1) is 12.3 Å². The summed E-state index contributed by atoms with van der Waals surface area (Å²) in [6.07, 6.45) is 11.2. The first-order chi connectivity index (χ1) is 4.43. The van der Waals surface area contributed by atoms with E-state index in [0.29, 0.717) is 0 Å². The second kappa shape index (κ2) is 3.71. The predicted octanol–water partition coefficient (Wildman–Crippen LogP) is 2.96. The summed E-state index contributed by atoms with van der Waals surface area (Å²) < 4.78 is 0. The molecule has 0 amide bonds. The number of hydrogen-bond acceptors (Lipinski definition) is 0. The van der Waals surface area contributed by atoms with Gasteiger partial charge in [-0.2, -0.15) is 0 Å². The van der Waals surface area contributed by atoms with Crippen molar-refractivity contribution in [1.82, 2.24) is 0 Å². The molecule has 1 saturated carbocycles. The lowest BCUT2D eigenvalue weighted by Crippen LogP contribution is -2.04. The Labute approximate surface area is 58.0 Å². The van der Waals surface area contributed by atoms with Crippen molar-refractivity contribution in [2.75, 3.05) is 0 Å². The van der Waals surface area contributed by atoms with Crippen molar-refractivity contribution < 1.29 is 0 Å². The van der Waals surface area contributed by atoms with Crippen LogP contribution in [0.1, 0.15) is 32.1 Å². The van der Waals surface area contributed by atoms with E-state index in [-0.39, 0.29) is 0 Å². The second-order valence-corrected chi connectivity index (χ2v) is 2.85. The van der Waals surface area contributed by atoms with Gasteiger partial charge in [0.05, 0.1) is 0 Å². The van der Waals surface area contributed by atoms with Gasteiger partial charge in [-0.1, -0.05) is 25.3 Å². The molecule has 0 aromatic heterocycles. The predicted molar refractivity (Wildman–Crippen MR) is 41.1 cm³/mol. The van der Waals surface area contributed by atoms with E-state index in [2.05, 4.69) is 13.0 Å². The highest BCUT2D eigenvalue weighted by Crippen LogP contribution is 2.25. The molecule has 0 spiro atoms. The fourth-order valence-electron chi connectivity index (χ4n) is 1.47. The van der Waals surface area contributed by atoms with Crippen LogP contribution in [-0.4, -0.2) is 0 Å². The SMILES string of the molecule is C=CCC1C[CH]CCC1. The summed E-state index contributed by atoms with van der Waals surface area (Å²) in [5.74, 6) is 0.927. The Bertz CT molecular complexity index is 78.0. The highest BCUT2D eigenvalue weighted by atomic mass is 14.2. The van der Waals surface area contributed by atoms with Gasteiger partial charge in [0.15, 0.2) is 0 Å². The highest BCUT2D eigenvalue weighted by molar-refractivity contribution is 4.82. The molecular weight excluding hydrogens is 108 g/mol. The maximum atomic E-state index is 3.74. The smallest absolute Gasteiger partial charge is 0.0325 e. The molecule has 0 aromatic rings. The molecule has 1 fully saturated rings. The molecule has 1 rings (SSSR count). The summed E-state index contributed by atoms with van der Waals surface area (Å²) in [5, 5.41) is 0. The normalized spacial score (nSPS) is 21.8. The van der Waals surface area contributed by atoms with E-state index >= 15 is 0 Å². The molecule has 0 nitrogen and oxygen atoms in total. The van der Waals surface area contributed by atoms with Gasteiger partial charge < -0.3 is 0 Å². The zero-order chi connectivity index (χ0) is 6.53. The zero-order valence-corrected chi connectivity index (χ0v) is 5.97. The first-order valence-electron chi connectivity index (χ1n) is 3.86. The summed E-state index contributed by atoms with van der Waals surface area (Å²) in [4.78, 5) is 0. The number of allylic oxidation sites excluding steroid dienone is 1. The van der Waals surface area contributed by atoms with Crippen molar-refractivity contribution in [3.05, 3.63) is 19.1 Å².